The lowest BCUT2D eigenvalue weighted by Crippen LogP contribution is -2.09. The monoisotopic (exact) mass is 497 g/mol. The third kappa shape index (κ3) is 9.00. The summed E-state index contributed by atoms with van der Waals surface area (Å²) in [5.74, 6) is 0. The Morgan fingerprint density at radius 1 is 0.944 bits per heavy atom. The van der Waals surface area contributed by atoms with Crippen LogP contribution in [0.3, 0.4) is 0 Å². The van der Waals surface area contributed by atoms with Gasteiger partial charge in [-0.1, -0.05) is 72.1 Å². The second kappa shape index (κ2) is 14.5. The first-order valence-electron chi connectivity index (χ1n) is 13.9. The third-order valence-corrected chi connectivity index (χ3v) is 6.66. The highest BCUT2D eigenvalue weighted by Gasteiger charge is 2.14. The van der Waals surface area contributed by atoms with Crippen LogP contribution in [-0.4, -0.2) is 37.5 Å². The average Bonchev–Trinajstić information content (AvgIpc) is 3.49. The molecule has 0 bridgehead atoms. The first-order valence-corrected chi connectivity index (χ1v) is 13.9. The quantitative estimate of drug-likeness (QED) is 0.178. The molecule has 0 saturated heterocycles. The van der Waals surface area contributed by atoms with E-state index in [0.717, 1.165) is 35.3 Å². The Kier molecular flexibility index (Phi) is 11.4. The molecule has 0 aliphatic carbocycles. The third-order valence-electron chi connectivity index (χ3n) is 6.66. The standard InChI is InChI=1S/C29H47N5O2/c1-6-36-24(2)34-21-25(20-32-34)27-26-16-18-33(28(26)31-22-30-27)23-35-19-15-13-11-9-7-8-10-12-14-17-29(3,4)5/h16,18,20-22,24H,6-15,17,19,23H2,1-5H3. The van der Waals surface area contributed by atoms with Crippen molar-refractivity contribution in [2.45, 2.75) is 112 Å². The Morgan fingerprint density at radius 2 is 1.64 bits per heavy atom. The highest BCUT2D eigenvalue weighted by molar-refractivity contribution is 5.90. The molecule has 0 aromatic carbocycles. The van der Waals surface area contributed by atoms with Gasteiger partial charge in [-0.2, -0.15) is 5.10 Å². The molecule has 0 aliphatic heterocycles. The maximum absolute atomic E-state index is 5.96. The molecule has 1 atom stereocenters. The van der Waals surface area contributed by atoms with Crippen LogP contribution in [0.2, 0.25) is 0 Å². The van der Waals surface area contributed by atoms with Crippen molar-refractivity contribution in [2.24, 2.45) is 5.41 Å². The maximum atomic E-state index is 5.96. The first-order chi connectivity index (χ1) is 17.4. The van der Waals surface area contributed by atoms with Gasteiger partial charge in [0.15, 0.2) is 0 Å². The lowest BCUT2D eigenvalue weighted by molar-refractivity contribution is 0.0160. The van der Waals surface area contributed by atoms with Crippen molar-refractivity contribution in [1.29, 1.82) is 0 Å². The van der Waals surface area contributed by atoms with Gasteiger partial charge in [-0.05, 0) is 38.2 Å². The number of rotatable bonds is 17. The summed E-state index contributed by atoms with van der Waals surface area (Å²) in [4.78, 5) is 9.03. The molecule has 7 nitrogen and oxygen atoms in total. The van der Waals surface area contributed by atoms with Crippen molar-refractivity contribution in [3.8, 4) is 11.3 Å². The van der Waals surface area contributed by atoms with E-state index in [0.29, 0.717) is 18.8 Å². The van der Waals surface area contributed by atoms with Gasteiger partial charge >= 0.3 is 0 Å². The first kappa shape index (κ1) is 28.3. The number of ether oxygens (including phenoxy) is 2. The van der Waals surface area contributed by atoms with Gasteiger partial charge in [0.25, 0.3) is 0 Å². The van der Waals surface area contributed by atoms with E-state index in [4.69, 9.17) is 9.47 Å². The van der Waals surface area contributed by atoms with Crippen LogP contribution in [0.25, 0.3) is 22.3 Å². The van der Waals surface area contributed by atoms with Crippen LogP contribution < -0.4 is 0 Å². The molecule has 3 heterocycles. The number of aromatic nitrogens is 5. The van der Waals surface area contributed by atoms with Crippen LogP contribution >= 0.6 is 0 Å². The lowest BCUT2D eigenvalue weighted by atomic mass is 9.89. The van der Waals surface area contributed by atoms with E-state index in [1.165, 1.54) is 57.8 Å². The van der Waals surface area contributed by atoms with Crippen molar-refractivity contribution < 1.29 is 9.47 Å². The maximum Gasteiger partial charge on any atom is 0.147 e. The van der Waals surface area contributed by atoms with Crippen molar-refractivity contribution in [2.75, 3.05) is 13.2 Å². The largest absolute Gasteiger partial charge is 0.361 e. The molecule has 0 saturated carbocycles. The number of fused-ring (bicyclic) bond motifs is 1. The number of nitrogens with zero attached hydrogens (tertiary/aromatic N) is 5. The Bertz CT molecular complexity index is 1020. The van der Waals surface area contributed by atoms with Crippen molar-refractivity contribution in [3.05, 3.63) is 31.0 Å². The minimum atomic E-state index is -0.109. The van der Waals surface area contributed by atoms with Crippen LogP contribution in [0.15, 0.2) is 31.0 Å². The Hall–Kier alpha value is -2.25. The highest BCUT2D eigenvalue weighted by atomic mass is 16.5. The highest BCUT2D eigenvalue weighted by Crippen LogP contribution is 2.27. The van der Waals surface area contributed by atoms with Gasteiger partial charge in [-0.3, -0.25) is 0 Å². The summed E-state index contributed by atoms with van der Waals surface area (Å²) >= 11 is 0. The minimum Gasteiger partial charge on any atom is -0.361 e. The minimum absolute atomic E-state index is 0.109. The molecular weight excluding hydrogens is 450 g/mol. The molecule has 3 aromatic heterocycles. The molecule has 3 rings (SSSR count). The lowest BCUT2D eigenvalue weighted by Gasteiger charge is -2.17. The molecule has 0 N–H and O–H groups in total. The van der Waals surface area contributed by atoms with Crippen molar-refractivity contribution in [3.63, 3.8) is 0 Å². The summed E-state index contributed by atoms with van der Waals surface area (Å²) in [5, 5.41) is 5.45. The van der Waals surface area contributed by atoms with Gasteiger partial charge in [0.05, 0.1) is 11.9 Å². The van der Waals surface area contributed by atoms with E-state index in [1.807, 2.05) is 41.7 Å². The molecule has 0 radical (unpaired) electrons. The fourth-order valence-corrected chi connectivity index (χ4v) is 4.57. The van der Waals surface area contributed by atoms with Gasteiger partial charge in [0.1, 0.15) is 24.9 Å². The van der Waals surface area contributed by atoms with E-state index >= 15 is 0 Å². The fraction of sp³-hybridized carbons (Fsp3) is 0.690. The summed E-state index contributed by atoms with van der Waals surface area (Å²) < 4.78 is 15.5. The van der Waals surface area contributed by atoms with Crippen LogP contribution in [0, 0.1) is 5.41 Å². The van der Waals surface area contributed by atoms with E-state index in [9.17, 15) is 0 Å². The van der Waals surface area contributed by atoms with Crippen LogP contribution in [-0.2, 0) is 16.2 Å². The van der Waals surface area contributed by atoms with Crippen LogP contribution in [0.5, 0.6) is 0 Å². The predicted octanol–water partition coefficient (Wildman–Crippen LogP) is 7.77. The van der Waals surface area contributed by atoms with Crippen LogP contribution in [0.4, 0.5) is 0 Å². The van der Waals surface area contributed by atoms with Crippen molar-refractivity contribution in [1.82, 2.24) is 24.3 Å². The van der Waals surface area contributed by atoms with Gasteiger partial charge < -0.3 is 14.0 Å². The molecule has 0 fully saturated rings. The SMILES string of the molecule is CCOC(C)n1cc(-c2ncnc3c2ccn3COCCCCCCCCCCCC(C)(C)C)cn1. The smallest absolute Gasteiger partial charge is 0.147 e. The molecule has 0 aliphatic rings. The summed E-state index contributed by atoms with van der Waals surface area (Å²) in [6.07, 6.45) is 20.6. The summed E-state index contributed by atoms with van der Waals surface area (Å²) in [6.45, 7) is 12.9. The topological polar surface area (TPSA) is 67.0 Å². The summed E-state index contributed by atoms with van der Waals surface area (Å²) in [5.41, 5.74) is 3.20. The number of unbranched alkanes of at least 4 members (excludes halogenated alkanes) is 8. The average molecular weight is 498 g/mol. The molecule has 7 heteroatoms. The van der Waals surface area contributed by atoms with Gasteiger partial charge in [0.2, 0.25) is 0 Å². The van der Waals surface area contributed by atoms with E-state index in [1.54, 1.807) is 6.33 Å². The summed E-state index contributed by atoms with van der Waals surface area (Å²) in [6, 6.07) is 2.06. The van der Waals surface area contributed by atoms with Crippen LogP contribution in [0.1, 0.15) is 105 Å². The predicted molar refractivity (Wildman–Crippen MR) is 147 cm³/mol. The second-order valence-electron chi connectivity index (χ2n) is 11.0. The summed E-state index contributed by atoms with van der Waals surface area (Å²) in [7, 11) is 0. The molecule has 36 heavy (non-hydrogen) atoms. The zero-order chi connectivity index (χ0) is 25.8. The molecule has 0 spiro atoms. The van der Waals surface area contributed by atoms with Gasteiger partial charge in [0, 0.05) is 36.6 Å². The van der Waals surface area contributed by atoms with Gasteiger partial charge in [-0.25, -0.2) is 14.6 Å². The molecule has 200 valence electrons. The van der Waals surface area contributed by atoms with E-state index in [2.05, 4.69) is 41.9 Å². The zero-order valence-electron chi connectivity index (χ0n) is 23.2. The fourth-order valence-electron chi connectivity index (χ4n) is 4.57. The number of hydrogen-bond acceptors (Lipinski definition) is 5. The molecule has 3 aromatic rings. The molecule has 1 unspecified atom stereocenters. The number of hydrogen-bond donors (Lipinski definition) is 0. The molecular formula is C29H47N5O2. The normalized spacial score (nSPS) is 13.0. The zero-order valence-corrected chi connectivity index (χ0v) is 23.2. The van der Waals surface area contributed by atoms with E-state index in [-0.39, 0.29) is 6.23 Å². The van der Waals surface area contributed by atoms with Crippen molar-refractivity contribution >= 4 is 11.0 Å². The van der Waals surface area contributed by atoms with E-state index < -0.39 is 0 Å². The Balaban J connectivity index is 1.33. The Labute approximate surface area is 217 Å². The van der Waals surface area contributed by atoms with Gasteiger partial charge in [-0.15, -0.1) is 0 Å². The molecule has 0 amide bonds. The second-order valence-corrected chi connectivity index (χ2v) is 11.0. The Morgan fingerprint density at radius 3 is 2.33 bits per heavy atom.